The van der Waals surface area contributed by atoms with Gasteiger partial charge in [-0.15, -0.1) is 0 Å². The Morgan fingerprint density at radius 2 is 1.60 bits per heavy atom. The maximum Gasteiger partial charge on any atom is -1.00 e. The van der Waals surface area contributed by atoms with E-state index in [1.807, 2.05) is 0 Å². The third kappa shape index (κ3) is 2.91. The van der Waals surface area contributed by atoms with E-state index < -0.39 is 0 Å². The second-order valence-electron chi connectivity index (χ2n) is 6.10. The molecule has 0 aromatic heterocycles. The van der Waals surface area contributed by atoms with Gasteiger partial charge >= 0.3 is 125 Å². The summed E-state index contributed by atoms with van der Waals surface area (Å²) in [5.41, 5.74) is 7.75. The fraction of sp³-hybridized carbons (Fsp3) is 0.294. The number of benzene rings is 2. The van der Waals surface area contributed by atoms with Gasteiger partial charge in [-0.2, -0.15) is 0 Å². The molecule has 2 aromatic carbocycles. The van der Waals surface area contributed by atoms with Crippen LogP contribution in [0.1, 0.15) is 37.5 Å². The van der Waals surface area contributed by atoms with Crippen molar-refractivity contribution in [1.82, 2.24) is 0 Å². The van der Waals surface area contributed by atoms with Gasteiger partial charge in [0.25, 0.3) is 0 Å². The summed E-state index contributed by atoms with van der Waals surface area (Å²) in [7, 11) is 0. The monoisotopic (exact) mass is 381 g/mol. The third-order valence-corrected chi connectivity index (χ3v) is 4.93. The molecule has 0 bridgehead atoms. The summed E-state index contributed by atoms with van der Waals surface area (Å²) in [4.78, 5) is 0. The van der Waals surface area contributed by atoms with Crippen molar-refractivity contribution in [3.05, 3.63) is 53.1 Å². The third-order valence-electron chi connectivity index (χ3n) is 3.77. The van der Waals surface area contributed by atoms with Crippen molar-refractivity contribution in [3.63, 3.8) is 0 Å². The standard InChI is InChI=1S/C17H17.2ClH.Zr/c1-17(2,3)15-10-6-8-13-11-12-7-4-5-9-14(12)16(13)15;;;/h4-7,9-10H,11H2,1-3H3;2*1H;/q;;;+2/p-2. The van der Waals surface area contributed by atoms with Crippen molar-refractivity contribution in [3.8, 4) is 11.1 Å². The molecule has 3 rings (SSSR count). The van der Waals surface area contributed by atoms with Crippen LogP contribution in [-0.2, 0) is 36.6 Å². The van der Waals surface area contributed by atoms with Gasteiger partial charge in [-0.1, -0.05) is 0 Å². The molecule has 0 radical (unpaired) electrons. The van der Waals surface area contributed by atoms with Crippen LogP contribution in [0.3, 0.4) is 0 Å². The van der Waals surface area contributed by atoms with Crippen LogP contribution in [0, 0.1) is 0 Å². The fourth-order valence-corrected chi connectivity index (χ4v) is 3.60. The summed E-state index contributed by atoms with van der Waals surface area (Å²) >= 11 is 1.53. The minimum absolute atomic E-state index is 0. The molecule has 2 aromatic rings. The molecular formula is C17H17Cl2Zr. The summed E-state index contributed by atoms with van der Waals surface area (Å²) in [5, 5.41) is 0. The predicted octanol–water partition coefficient (Wildman–Crippen LogP) is -2.26. The summed E-state index contributed by atoms with van der Waals surface area (Å²) in [6, 6.07) is 13.5. The molecule has 0 saturated carbocycles. The van der Waals surface area contributed by atoms with Gasteiger partial charge in [0, 0.05) is 0 Å². The second kappa shape index (κ2) is 6.34. The average Bonchev–Trinajstić information content (AvgIpc) is 2.68. The zero-order valence-corrected chi connectivity index (χ0v) is 15.9. The zero-order chi connectivity index (χ0) is 12.9. The van der Waals surface area contributed by atoms with Crippen molar-refractivity contribution in [1.29, 1.82) is 0 Å². The molecule has 0 saturated heterocycles. The van der Waals surface area contributed by atoms with Gasteiger partial charge in [-0.05, 0) is 0 Å². The van der Waals surface area contributed by atoms with Gasteiger partial charge in [0.15, 0.2) is 0 Å². The summed E-state index contributed by atoms with van der Waals surface area (Å²) < 4.78 is 1.52. The molecule has 0 amide bonds. The average molecular weight is 383 g/mol. The number of hydrogen-bond donors (Lipinski definition) is 0. The first-order valence-corrected chi connectivity index (χ1v) is 7.67. The molecule has 0 unspecified atom stereocenters. The Labute approximate surface area is 149 Å². The van der Waals surface area contributed by atoms with E-state index in [0.29, 0.717) is 0 Å². The van der Waals surface area contributed by atoms with Gasteiger partial charge in [0.2, 0.25) is 0 Å². The van der Waals surface area contributed by atoms with Crippen LogP contribution in [0.4, 0.5) is 0 Å². The van der Waals surface area contributed by atoms with Gasteiger partial charge in [0.1, 0.15) is 0 Å². The van der Waals surface area contributed by atoms with Crippen LogP contribution in [-0.4, -0.2) is 0 Å². The molecule has 0 spiro atoms. The predicted molar refractivity (Wildman–Crippen MR) is 73.0 cm³/mol. The van der Waals surface area contributed by atoms with E-state index in [4.69, 9.17) is 0 Å². The molecule has 0 atom stereocenters. The minimum atomic E-state index is 0. The SMILES string of the molecule is CC(C)(C)c1cc[c]([Zr+2])c2c1-c1ccccc1C2.[Cl-].[Cl-]. The maximum absolute atomic E-state index is 2.34. The van der Waals surface area contributed by atoms with Crippen LogP contribution >= 0.6 is 0 Å². The van der Waals surface area contributed by atoms with Crippen LogP contribution < -0.4 is 28.1 Å². The molecule has 0 aliphatic heterocycles. The van der Waals surface area contributed by atoms with Crippen molar-refractivity contribution < 1.29 is 49.5 Å². The zero-order valence-electron chi connectivity index (χ0n) is 11.9. The molecule has 20 heavy (non-hydrogen) atoms. The molecule has 103 valence electrons. The minimum Gasteiger partial charge on any atom is -1.00 e. The molecule has 0 fully saturated rings. The van der Waals surface area contributed by atoms with Gasteiger partial charge < -0.3 is 24.8 Å². The summed E-state index contributed by atoms with van der Waals surface area (Å²) in [6.45, 7) is 6.94. The quantitative estimate of drug-likeness (QED) is 0.411. The van der Waals surface area contributed by atoms with E-state index in [1.54, 1.807) is 5.56 Å². The van der Waals surface area contributed by atoms with Crippen LogP contribution in [0.25, 0.3) is 11.1 Å². The van der Waals surface area contributed by atoms with E-state index >= 15 is 0 Å². The first kappa shape index (κ1) is 18.0. The van der Waals surface area contributed by atoms with Crippen LogP contribution in [0.15, 0.2) is 36.4 Å². The van der Waals surface area contributed by atoms with Gasteiger partial charge in [-0.3, -0.25) is 0 Å². The Morgan fingerprint density at radius 3 is 2.25 bits per heavy atom. The molecule has 3 heteroatoms. The normalized spacial score (nSPS) is 12.1. The summed E-state index contributed by atoms with van der Waals surface area (Å²) in [6.07, 6.45) is 1.12. The van der Waals surface area contributed by atoms with Crippen molar-refractivity contribution >= 4 is 3.27 Å². The van der Waals surface area contributed by atoms with E-state index in [0.717, 1.165) is 6.42 Å². The molecule has 1 aliphatic rings. The van der Waals surface area contributed by atoms with Crippen molar-refractivity contribution in [2.24, 2.45) is 0 Å². The summed E-state index contributed by atoms with van der Waals surface area (Å²) in [5.74, 6) is 0. The molecular weight excluding hydrogens is 366 g/mol. The Kier molecular flexibility index (Phi) is 5.70. The van der Waals surface area contributed by atoms with Gasteiger partial charge in [-0.25, -0.2) is 0 Å². The first-order chi connectivity index (χ1) is 8.48. The first-order valence-electron chi connectivity index (χ1n) is 6.45. The maximum atomic E-state index is 2.34. The van der Waals surface area contributed by atoms with E-state index in [1.165, 1.54) is 50.2 Å². The number of hydrogen-bond acceptors (Lipinski definition) is 0. The van der Waals surface area contributed by atoms with E-state index in [9.17, 15) is 0 Å². The molecule has 1 aliphatic carbocycles. The Hall–Kier alpha value is -0.0969. The fourth-order valence-electron chi connectivity index (χ4n) is 2.87. The van der Waals surface area contributed by atoms with Gasteiger partial charge in [0.05, 0.1) is 0 Å². The van der Waals surface area contributed by atoms with E-state index in [-0.39, 0.29) is 30.2 Å². The van der Waals surface area contributed by atoms with Crippen LogP contribution in [0.2, 0.25) is 0 Å². The Balaban J connectivity index is 0.000001000. The number of halogens is 2. The van der Waals surface area contributed by atoms with Crippen LogP contribution in [0.5, 0.6) is 0 Å². The van der Waals surface area contributed by atoms with E-state index in [2.05, 4.69) is 57.2 Å². The smallest absolute Gasteiger partial charge is 1.00 e. The topological polar surface area (TPSA) is 0 Å². The number of fused-ring (bicyclic) bond motifs is 3. The second-order valence-corrected chi connectivity index (χ2v) is 7.42. The molecule has 0 N–H and O–H groups in total. The Morgan fingerprint density at radius 1 is 0.950 bits per heavy atom. The molecule has 0 heterocycles. The largest absolute Gasteiger partial charge is 1.00 e. The molecule has 0 nitrogen and oxygen atoms in total. The number of rotatable bonds is 0. The van der Waals surface area contributed by atoms with Crippen molar-refractivity contribution in [2.45, 2.75) is 32.6 Å². The Bertz CT molecular complexity index is 627. The van der Waals surface area contributed by atoms with Crippen molar-refractivity contribution in [2.75, 3.05) is 0 Å².